The van der Waals surface area contributed by atoms with Crippen LogP contribution in [0.1, 0.15) is 12.8 Å². The van der Waals surface area contributed by atoms with Gasteiger partial charge >= 0.3 is 0 Å². The molecular weight excluding hydrogens is 312 g/mol. The Morgan fingerprint density at radius 2 is 1.72 bits per heavy atom. The highest BCUT2D eigenvalue weighted by atomic mass is 16.5. The quantitative estimate of drug-likeness (QED) is 0.697. The van der Waals surface area contributed by atoms with Gasteiger partial charge in [0.1, 0.15) is 11.6 Å². The van der Waals surface area contributed by atoms with E-state index in [-0.39, 0.29) is 0 Å². The summed E-state index contributed by atoms with van der Waals surface area (Å²) >= 11 is 0. The topological polar surface area (TPSA) is 59.1 Å². The molecule has 1 aromatic heterocycles. The summed E-state index contributed by atoms with van der Waals surface area (Å²) in [6, 6.07) is 20.4. The van der Waals surface area contributed by atoms with Gasteiger partial charge in [0.15, 0.2) is 0 Å². The van der Waals surface area contributed by atoms with Gasteiger partial charge in [0, 0.05) is 23.4 Å². The molecule has 1 heterocycles. The molecule has 2 N–H and O–H groups in total. The third kappa shape index (κ3) is 3.88. The summed E-state index contributed by atoms with van der Waals surface area (Å²) in [4.78, 5) is 9.29. The molecule has 0 atom stereocenters. The normalized spacial score (nSPS) is 13.3. The van der Waals surface area contributed by atoms with Crippen molar-refractivity contribution in [2.45, 2.75) is 18.9 Å². The lowest BCUT2D eigenvalue weighted by Gasteiger charge is -2.11. The SMILES string of the molecule is COc1ccc(Nc2nc(NC3CC3)cc(-c3ccccc3)n2)cc1. The number of methoxy groups -OCH3 is 1. The van der Waals surface area contributed by atoms with Gasteiger partial charge in [0.25, 0.3) is 0 Å². The second-order valence-electron chi connectivity index (χ2n) is 6.10. The number of rotatable bonds is 6. The molecule has 25 heavy (non-hydrogen) atoms. The van der Waals surface area contributed by atoms with Crippen LogP contribution in [0, 0.1) is 0 Å². The van der Waals surface area contributed by atoms with E-state index >= 15 is 0 Å². The standard InChI is InChI=1S/C20H20N4O/c1-25-17-11-9-16(10-12-17)22-20-23-18(14-5-3-2-4-6-14)13-19(24-20)21-15-7-8-15/h2-6,9-13,15H,7-8H2,1H3,(H2,21,22,23,24). The molecule has 0 aliphatic heterocycles. The molecule has 0 spiro atoms. The van der Waals surface area contributed by atoms with Gasteiger partial charge < -0.3 is 15.4 Å². The Bertz CT molecular complexity index is 845. The number of benzene rings is 2. The molecule has 3 aromatic rings. The van der Waals surface area contributed by atoms with Gasteiger partial charge in [0.2, 0.25) is 5.95 Å². The summed E-state index contributed by atoms with van der Waals surface area (Å²) in [5.74, 6) is 2.25. The first-order valence-electron chi connectivity index (χ1n) is 8.42. The molecule has 1 aliphatic carbocycles. The summed E-state index contributed by atoms with van der Waals surface area (Å²) in [5.41, 5.74) is 2.89. The maximum atomic E-state index is 5.20. The van der Waals surface area contributed by atoms with E-state index in [1.54, 1.807) is 7.11 Å². The Kier molecular flexibility index (Phi) is 4.21. The molecule has 0 unspecified atom stereocenters. The van der Waals surface area contributed by atoms with Crippen molar-refractivity contribution >= 4 is 17.5 Å². The van der Waals surface area contributed by atoms with Crippen molar-refractivity contribution in [1.82, 2.24) is 9.97 Å². The number of aromatic nitrogens is 2. The van der Waals surface area contributed by atoms with Gasteiger partial charge in [-0.15, -0.1) is 0 Å². The number of anilines is 3. The first-order valence-corrected chi connectivity index (χ1v) is 8.42. The maximum Gasteiger partial charge on any atom is 0.229 e. The molecule has 5 nitrogen and oxygen atoms in total. The lowest BCUT2D eigenvalue weighted by molar-refractivity contribution is 0.415. The third-order valence-electron chi connectivity index (χ3n) is 4.07. The van der Waals surface area contributed by atoms with Crippen LogP contribution in [0.15, 0.2) is 60.7 Å². The smallest absolute Gasteiger partial charge is 0.229 e. The minimum atomic E-state index is 0.535. The zero-order valence-corrected chi connectivity index (χ0v) is 14.1. The Labute approximate surface area is 147 Å². The summed E-state index contributed by atoms with van der Waals surface area (Å²) in [7, 11) is 1.66. The van der Waals surface area contributed by atoms with Crippen LogP contribution in [-0.4, -0.2) is 23.1 Å². The highest BCUT2D eigenvalue weighted by molar-refractivity contribution is 5.66. The maximum absolute atomic E-state index is 5.20. The number of hydrogen-bond donors (Lipinski definition) is 2. The van der Waals surface area contributed by atoms with Crippen LogP contribution < -0.4 is 15.4 Å². The van der Waals surface area contributed by atoms with Crippen molar-refractivity contribution < 1.29 is 4.74 Å². The van der Waals surface area contributed by atoms with Crippen molar-refractivity contribution in [1.29, 1.82) is 0 Å². The fourth-order valence-corrected chi connectivity index (χ4v) is 2.57. The summed E-state index contributed by atoms with van der Waals surface area (Å²) in [5, 5.41) is 6.74. The van der Waals surface area contributed by atoms with Crippen molar-refractivity contribution in [3.05, 3.63) is 60.7 Å². The average Bonchev–Trinajstić information content (AvgIpc) is 3.47. The van der Waals surface area contributed by atoms with Crippen LogP contribution in [0.5, 0.6) is 5.75 Å². The van der Waals surface area contributed by atoms with Crippen LogP contribution in [0.25, 0.3) is 11.3 Å². The Hall–Kier alpha value is -3.08. The summed E-state index contributed by atoms with van der Waals surface area (Å²) in [6.07, 6.45) is 2.40. The van der Waals surface area contributed by atoms with Gasteiger partial charge in [-0.05, 0) is 37.1 Å². The largest absolute Gasteiger partial charge is 0.497 e. The molecule has 126 valence electrons. The third-order valence-corrected chi connectivity index (χ3v) is 4.07. The fourth-order valence-electron chi connectivity index (χ4n) is 2.57. The molecule has 5 heteroatoms. The van der Waals surface area contributed by atoms with Gasteiger partial charge in [0.05, 0.1) is 12.8 Å². The molecule has 0 saturated heterocycles. The van der Waals surface area contributed by atoms with Crippen LogP contribution in [0.3, 0.4) is 0 Å². The lowest BCUT2D eigenvalue weighted by Crippen LogP contribution is -2.06. The monoisotopic (exact) mass is 332 g/mol. The van der Waals surface area contributed by atoms with Gasteiger partial charge in [-0.25, -0.2) is 4.98 Å². The lowest BCUT2D eigenvalue weighted by atomic mass is 10.1. The van der Waals surface area contributed by atoms with Crippen molar-refractivity contribution in [2.75, 3.05) is 17.7 Å². The summed E-state index contributed by atoms with van der Waals surface area (Å²) in [6.45, 7) is 0. The van der Waals surface area contributed by atoms with E-state index in [0.29, 0.717) is 12.0 Å². The van der Waals surface area contributed by atoms with Crippen LogP contribution >= 0.6 is 0 Å². The van der Waals surface area contributed by atoms with Crippen LogP contribution in [-0.2, 0) is 0 Å². The predicted molar refractivity (Wildman–Crippen MR) is 100 cm³/mol. The van der Waals surface area contributed by atoms with Gasteiger partial charge in [-0.2, -0.15) is 4.98 Å². The number of nitrogens with zero attached hydrogens (tertiary/aromatic N) is 2. The van der Waals surface area contributed by atoms with Crippen LogP contribution in [0.4, 0.5) is 17.5 Å². The number of hydrogen-bond acceptors (Lipinski definition) is 5. The van der Waals surface area contributed by atoms with Gasteiger partial charge in [-0.3, -0.25) is 0 Å². The van der Waals surface area contributed by atoms with E-state index in [4.69, 9.17) is 4.74 Å². The molecule has 0 bridgehead atoms. The predicted octanol–water partition coefficient (Wildman–Crippen LogP) is 4.47. The highest BCUT2D eigenvalue weighted by Gasteiger charge is 2.22. The molecule has 2 aromatic carbocycles. The van der Waals surface area contributed by atoms with E-state index < -0.39 is 0 Å². The van der Waals surface area contributed by atoms with E-state index in [9.17, 15) is 0 Å². The van der Waals surface area contributed by atoms with Crippen molar-refractivity contribution in [3.63, 3.8) is 0 Å². The minimum Gasteiger partial charge on any atom is -0.497 e. The number of nitrogens with one attached hydrogen (secondary N) is 2. The van der Waals surface area contributed by atoms with E-state index in [2.05, 4.69) is 32.7 Å². The summed E-state index contributed by atoms with van der Waals surface area (Å²) < 4.78 is 5.20. The second kappa shape index (κ2) is 6.81. The van der Waals surface area contributed by atoms with Gasteiger partial charge in [-0.1, -0.05) is 30.3 Å². The molecule has 0 radical (unpaired) electrons. The fraction of sp³-hybridized carbons (Fsp3) is 0.200. The first kappa shape index (κ1) is 15.4. The van der Waals surface area contributed by atoms with E-state index in [1.807, 2.05) is 48.5 Å². The molecular formula is C20H20N4O. The Morgan fingerprint density at radius 1 is 0.960 bits per heavy atom. The molecule has 1 saturated carbocycles. The first-order chi connectivity index (χ1) is 12.3. The zero-order chi connectivity index (χ0) is 17.1. The Balaban J connectivity index is 1.64. The van der Waals surface area contributed by atoms with Crippen molar-refractivity contribution in [3.8, 4) is 17.0 Å². The average molecular weight is 332 g/mol. The Morgan fingerprint density at radius 3 is 2.40 bits per heavy atom. The molecule has 0 amide bonds. The molecule has 1 fully saturated rings. The van der Waals surface area contributed by atoms with Crippen LogP contribution in [0.2, 0.25) is 0 Å². The van der Waals surface area contributed by atoms with Crippen molar-refractivity contribution in [2.24, 2.45) is 0 Å². The minimum absolute atomic E-state index is 0.535. The molecule has 4 rings (SSSR count). The van der Waals surface area contributed by atoms with E-state index in [0.717, 1.165) is 28.5 Å². The second-order valence-corrected chi connectivity index (χ2v) is 6.10. The highest BCUT2D eigenvalue weighted by Crippen LogP contribution is 2.28. The number of ether oxygens (including phenoxy) is 1. The molecule has 1 aliphatic rings. The zero-order valence-electron chi connectivity index (χ0n) is 14.1. The van der Waals surface area contributed by atoms with E-state index in [1.165, 1.54) is 12.8 Å².